The number of nitrogens with one attached hydrogen (secondary N) is 2. The van der Waals surface area contributed by atoms with E-state index in [0.717, 1.165) is 11.3 Å². The molecule has 0 bridgehead atoms. The second kappa shape index (κ2) is 8.77. The summed E-state index contributed by atoms with van der Waals surface area (Å²) in [6, 6.07) is 15.8. The Hall–Kier alpha value is -3.74. The van der Waals surface area contributed by atoms with Gasteiger partial charge in [0.2, 0.25) is 5.95 Å². The Morgan fingerprint density at radius 1 is 1.04 bits per heavy atom. The van der Waals surface area contributed by atoms with Gasteiger partial charge in [0.05, 0.1) is 7.11 Å². The molecule has 3 aromatic rings. The third-order valence-corrected chi connectivity index (χ3v) is 4.07. The third-order valence-electron chi connectivity index (χ3n) is 4.07. The standard InChI is InChI=1S/C21H20N4O3/c1-14(26)15-7-9-17(10-8-15)24-20(27)18-11-12-22-21(25-18)23-13-16-5-3-4-6-19(16)28-2/h3-12H,13H2,1-2H3,(H,24,27)(H,22,23,25). The van der Waals surface area contributed by atoms with Crippen LogP contribution in [0.15, 0.2) is 60.8 Å². The number of benzene rings is 2. The summed E-state index contributed by atoms with van der Waals surface area (Å²) in [5.41, 5.74) is 2.35. The van der Waals surface area contributed by atoms with Crippen molar-refractivity contribution in [2.75, 3.05) is 17.7 Å². The Morgan fingerprint density at radius 2 is 1.79 bits per heavy atom. The number of amides is 1. The first kappa shape index (κ1) is 19.0. The highest BCUT2D eigenvalue weighted by Crippen LogP contribution is 2.18. The molecule has 0 atom stereocenters. The zero-order chi connectivity index (χ0) is 19.9. The maximum Gasteiger partial charge on any atom is 0.274 e. The van der Waals surface area contributed by atoms with E-state index in [-0.39, 0.29) is 17.4 Å². The predicted molar refractivity (Wildman–Crippen MR) is 107 cm³/mol. The number of Topliss-reactive ketones (excluding diaryl/α,β-unsaturated/α-hetero) is 1. The van der Waals surface area contributed by atoms with Crippen molar-refractivity contribution in [3.05, 3.63) is 77.6 Å². The molecule has 0 fully saturated rings. The van der Waals surface area contributed by atoms with Gasteiger partial charge < -0.3 is 15.4 Å². The molecule has 0 aliphatic rings. The molecule has 0 unspecified atom stereocenters. The smallest absolute Gasteiger partial charge is 0.274 e. The van der Waals surface area contributed by atoms with Gasteiger partial charge in [0.25, 0.3) is 5.91 Å². The number of para-hydroxylation sites is 1. The summed E-state index contributed by atoms with van der Waals surface area (Å²) in [6.07, 6.45) is 1.52. The van der Waals surface area contributed by atoms with Gasteiger partial charge in [-0.25, -0.2) is 9.97 Å². The molecule has 7 nitrogen and oxygen atoms in total. The molecule has 3 rings (SSSR count). The Kier molecular flexibility index (Phi) is 5.96. The average Bonchev–Trinajstić information content (AvgIpc) is 2.73. The van der Waals surface area contributed by atoms with Crippen LogP contribution in [0.25, 0.3) is 0 Å². The van der Waals surface area contributed by atoms with Crippen LogP contribution in [0, 0.1) is 0 Å². The van der Waals surface area contributed by atoms with Crippen molar-refractivity contribution >= 4 is 23.3 Å². The van der Waals surface area contributed by atoms with E-state index in [9.17, 15) is 9.59 Å². The first-order valence-corrected chi connectivity index (χ1v) is 8.68. The van der Waals surface area contributed by atoms with Crippen molar-refractivity contribution in [1.29, 1.82) is 0 Å². The highest BCUT2D eigenvalue weighted by Gasteiger charge is 2.10. The van der Waals surface area contributed by atoms with E-state index in [1.807, 2.05) is 24.3 Å². The minimum absolute atomic E-state index is 0.0283. The number of nitrogens with zero attached hydrogens (tertiary/aromatic N) is 2. The summed E-state index contributed by atoms with van der Waals surface area (Å²) in [5.74, 6) is 0.709. The average molecular weight is 376 g/mol. The van der Waals surface area contributed by atoms with E-state index in [0.29, 0.717) is 23.7 Å². The summed E-state index contributed by atoms with van der Waals surface area (Å²) < 4.78 is 5.32. The minimum atomic E-state index is -0.363. The fourth-order valence-corrected chi connectivity index (χ4v) is 2.58. The lowest BCUT2D eigenvalue weighted by Gasteiger charge is -2.10. The number of carbonyl (C=O) groups is 2. The van der Waals surface area contributed by atoms with E-state index in [1.54, 1.807) is 31.4 Å². The second-order valence-corrected chi connectivity index (χ2v) is 6.02. The van der Waals surface area contributed by atoms with Crippen molar-refractivity contribution in [3.8, 4) is 5.75 Å². The fourth-order valence-electron chi connectivity index (χ4n) is 2.58. The van der Waals surface area contributed by atoms with E-state index < -0.39 is 0 Å². The number of ketones is 1. The van der Waals surface area contributed by atoms with Crippen molar-refractivity contribution < 1.29 is 14.3 Å². The normalized spacial score (nSPS) is 10.2. The van der Waals surface area contributed by atoms with Crippen LogP contribution in [0.2, 0.25) is 0 Å². The van der Waals surface area contributed by atoms with Gasteiger partial charge in [-0.05, 0) is 43.3 Å². The molecule has 1 amide bonds. The molecule has 0 radical (unpaired) electrons. The summed E-state index contributed by atoms with van der Waals surface area (Å²) in [4.78, 5) is 32.2. The van der Waals surface area contributed by atoms with Crippen LogP contribution >= 0.6 is 0 Å². The maximum absolute atomic E-state index is 12.4. The molecular formula is C21H20N4O3. The lowest BCUT2D eigenvalue weighted by molar-refractivity contribution is 0.101. The summed E-state index contributed by atoms with van der Waals surface area (Å²) in [5, 5.41) is 5.85. The molecule has 28 heavy (non-hydrogen) atoms. The van der Waals surface area contributed by atoms with Crippen LogP contribution < -0.4 is 15.4 Å². The van der Waals surface area contributed by atoms with Crippen LogP contribution in [0.4, 0.5) is 11.6 Å². The molecule has 0 saturated carbocycles. The first-order valence-electron chi connectivity index (χ1n) is 8.68. The highest BCUT2D eigenvalue weighted by molar-refractivity contribution is 6.03. The molecule has 1 heterocycles. The Bertz CT molecular complexity index is 987. The summed E-state index contributed by atoms with van der Waals surface area (Å²) in [7, 11) is 1.61. The molecular weight excluding hydrogens is 356 g/mol. The van der Waals surface area contributed by atoms with Crippen LogP contribution in [0.3, 0.4) is 0 Å². The molecule has 7 heteroatoms. The molecule has 142 valence electrons. The van der Waals surface area contributed by atoms with Crippen molar-refractivity contribution in [1.82, 2.24) is 9.97 Å². The molecule has 0 spiro atoms. The number of methoxy groups -OCH3 is 1. The van der Waals surface area contributed by atoms with Crippen molar-refractivity contribution in [2.45, 2.75) is 13.5 Å². The quantitative estimate of drug-likeness (QED) is 0.613. The molecule has 0 aliphatic heterocycles. The largest absolute Gasteiger partial charge is 0.496 e. The number of ether oxygens (including phenoxy) is 1. The Labute approximate surface area is 162 Å². The minimum Gasteiger partial charge on any atom is -0.496 e. The predicted octanol–water partition coefficient (Wildman–Crippen LogP) is 3.55. The molecule has 1 aromatic heterocycles. The summed E-state index contributed by atoms with van der Waals surface area (Å²) >= 11 is 0. The number of anilines is 2. The van der Waals surface area contributed by atoms with Gasteiger partial charge in [0.15, 0.2) is 5.78 Å². The molecule has 0 saturated heterocycles. The van der Waals surface area contributed by atoms with Crippen LogP contribution in [-0.4, -0.2) is 28.8 Å². The topological polar surface area (TPSA) is 93.2 Å². The zero-order valence-electron chi connectivity index (χ0n) is 15.6. The number of hydrogen-bond donors (Lipinski definition) is 2. The van der Waals surface area contributed by atoms with Gasteiger partial charge in [-0.2, -0.15) is 0 Å². The molecule has 2 N–H and O–H groups in total. The van der Waals surface area contributed by atoms with E-state index in [1.165, 1.54) is 19.2 Å². The van der Waals surface area contributed by atoms with Crippen molar-refractivity contribution in [3.63, 3.8) is 0 Å². The number of carbonyl (C=O) groups excluding carboxylic acids is 2. The van der Waals surface area contributed by atoms with Gasteiger partial charge in [0.1, 0.15) is 11.4 Å². The second-order valence-electron chi connectivity index (χ2n) is 6.02. The van der Waals surface area contributed by atoms with Gasteiger partial charge in [-0.15, -0.1) is 0 Å². The van der Waals surface area contributed by atoms with Crippen molar-refractivity contribution in [2.24, 2.45) is 0 Å². The highest BCUT2D eigenvalue weighted by atomic mass is 16.5. The third kappa shape index (κ3) is 4.70. The maximum atomic E-state index is 12.4. The number of rotatable bonds is 7. The monoisotopic (exact) mass is 376 g/mol. The Balaban J connectivity index is 1.66. The van der Waals surface area contributed by atoms with Gasteiger partial charge in [-0.1, -0.05) is 18.2 Å². The van der Waals surface area contributed by atoms with E-state index in [4.69, 9.17) is 4.74 Å². The first-order chi connectivity index (χ1) is 13.6. The van der Waals surface area contributed by atoms with Gasteiger partial charge in [-0.3, -0.25) is 9.59 Å². The van der Waals surface area contributed by atoms with Crippen LogP contribution in [-0.2, 0) is 6.54 Å². The lowest BCUT2D eigenvalue weighted by atomic mass is 10.1. The fraction of sp³-hybridized carbons (Fsp3) is 0.143. The SMILES string of the molecule is COc1ccccc1CNc1nccc(C(=O)Nc2ccc(C(C)=O)cc2)n1. The van der Waals surface area contributed by atoms with Gasteiger partial charge >= 0.3 is 0 Å². The molecule has 2 aromatic carbocycles. The zero-order valence-corrected chi connectivity index (χ0v) is 15.6. The lowest BCUT2D eigenvalue weighted by Crippen LogP contribution is -2.15. The van der Waals surface area contributed by atoms with E-state index in [2.05, 4.69) is 20.6 Å². The molecule has 0 aliphatic carbocycles. The summed E-state index contributed by atoms with van der Waals surface area (Å²) in [6.45, 7) is 1.95. The van der Waals surface area contributed by atoms with Crippen LogP contribution in [0.5, 0.6) is 5.75 Å². The number of aromatic nitrogens is 2. The van der Waals surface area contributed by atoms with Crippen LogP contribution in [0.1, 0.15) is 33.3 Å². The van der Waals surface area contributed by atoms with E-state index >= 15 is 0 Å². The van der Waals surface area contributed by atoms with Gasteiger partial charge in [0, 0.05) is 29.6 Å². The number of hydrogen-bond acceptors (Lipinski definition) is 6. The Morgan fingerprint density at radius 3 is 2.50 bits per heavy atom.